The number of aliphatic hydroxyl groups excluding tert-OH is 1. The van der Waals surface area contributed by atoms with E-state index in [-0.39, 0.29) is 42.7 Å². The lowest BCUT2D eigenvalue weighted by Gasteiger charge is -2.43. The minimum atomic E-state index is -0.865. The van der Waals surface area contributed by atoms with Gasteiger partial charge in [0.2, 0.25) is 0 Å². The summed E-state index contributed by atoms with van der Waals surface area (Å²) in [5.41, 5.74) is 5.03. The van der Waals surface area contributed by atoms with Gasteiger partial charge < -0.3 is 29.4 Å². The topological polar surface area (TPSA) is 124 Å². The molecule has 2 saturated heterocycles. The molecule has 2 heterocycles. The Kier molecular flexibility index (Phi) is 12.1. The van der Waals surface area contributed by atoms with Crippen LogP contribution >= 0.6 is 0 Å². The molecule has 1 amide bonds. The number of nitrogens with zero attached hydrogens (tertiary/aromatic N) is 1. The molecule has 5 rings (SSSR count). The number of carbonyl (C=O) groups excluding carboxylic acids is 3. The average molecular weight is 687 g/mol. The molecule has 10 nitrogen and oxygen atoms in total. The summed E-state index contributed by atoms with van der Waals surface area (Å²) in [6, 6.07) is 23.5. The number of benzene rings is 3. The van der Waals surface area contributed by atoms with E-state index in [0.29, 0.717) is 13.1 Å². The Morgan fingerprint density at radius 3 is 2.32 bits per heavy atom. The predicted octanol–water partition coefficient (Wildman–Crippen LogP) is 6.01. The zero-order valence-corrected chi connectivity index (χ0v) is 29.9. The van der Waals surface area contributed by atoms with Crippen LogP contribution < -0.4 is 5.32 Å². The van der Waals surface area contributed by atoms with Gasteiger partial charge in [0, 0.05) is 31.5 Å². The number of rotatable bonds is 11. The number of nitrogens with one attached hydrogen (secondary N) is 1. The van der Waals surface area contributed by atoms with E-state index in [1.807, 2.05) is 93.6 Å². The Morgan fingerprint density at radius 2 is 1.66 bits per heavy atom. The third kappa shape index (κ3) is 9.57. The fourth-order valence-electron chi connectivity index (χ4n) is 6.57. The van der Waals surface area contributed by atoms with Gasteiger partial charge in [-0.25, -0.2) is 0 Å². The Morgan fingerprint density at radius 1 is 0.960 bits per heavy atom. The van der Waals surface area contributed by atoms with Crippen molar-refractivity contribution in [3.8, 4) is 11.1 Å². The number of hydrogen-bond acceptors (Lipinski definition) is 9. The van der Waals surface area contributed by atoms with E-state index >= 15 is 0 Å². The molecule has 6 atom stereocenters. The number of amides is 1. The van der Waals surface area contributed by atoms with E-state index in [9.17, 15) is 19.5 Å². The van der Waals surface area contributed by atoms with Crippen molar-refractivity contribution >= 4 is 17.8 Å². The standard InChI is InChI=1S/C40H50N2O8/c1-25-35(23-42-20-8-11-34(42)38(46)50-40(4,5)6)48-39(49-36(25)31-14-12-28(24-43)13-15-31)32-18-16-30(17-19-32)33-10-7-9-29(21-33)22-41-37(45)26(2)47-27(3)44/h7,9-10,12-19,21,25-26,34-36,39,43H,8,11,20,22-24H2,1-6H3,(H,41,45)/t25-,26-,34-,35+,36+,39+/m0/s1. The lowest BCUT2D eigenvalue weighted by Crippen LogP contribution is -2.48. The van der Waals surface area contributed by atoms with Gasteiger partial charge in [-0.1, -0.05) is 73.7 Å². The average Bonchev–Trinajstić information content (AvgIpc) is 3.56. The summed E-state index contributed by atoms with van der Waals surface area (Å²) in [6.45, 7) is 12.2. The summed E-state index contributed by atoms with van der Waals surface area (Å²) in [5, 5.41) is 12.4. The molecule has 268 valence electrons. The zero-order valence-electron chi connectivity index (χ0n) is 29.9. The fraction of sp³-hybridized carbons (Fsp3) is 0.475. The van der Waals surface area contributed by atoms with E-state index in [1.54, 1.807) is 6.92 Å². The van der Waals surface area contributed by atoms with Crippen molar-refractivity contribution in [2.24, 2.45) is 5.92 Å². The van der Waals surface area contributed by atoms with Crippen LogP contribution in [-0.4, -0.2) is 64.8 Å². The Balaban J connectivity index is 1.33. The van der Waals surface area contributed by atoms with Gasteiger partial charge in [-0.15, -0.1) is 0 Å². The highest BCUT2D eigenvalue weighted by Crippen LogP contribution is 2.42. The summed E-state index contributed by atoms with van der Waals surface area (Å²) < 4.78 is 24.1. The van der Waals surface area contributed by atoms with Crippen LogP contribution in [-0.2, 0) is 46.5 Å². The van der Waals surface area contributed by atoms with Crippen molar-refractivity contribution < 1.29 is 38.4 Å². The normalized spacial score (nSPS) is 23.2. The molecule has 50 heavy (non-hydrogen) atoms. The molecule has 10 heteroatoms. The zero-order chi connectivity index (χ0) is 36.0. The Labute approximate surface area is 295 Å². The highest BCUT2D eigenvalue weighted by Gasteiger charge is 2.42. The molecule has 0 saturated carbocycles. The maximum absolute atomic E-state index is 13.1. The van der Waals surface area contributed by atoms with Gasteiger partial charge in [0.15, 0.2) is 12.4 Å². The predicted molar refractivity (Wildman–Crippen MR) is 188 cm³/mol. The summed E-state index contributed by atoms with van der Waals surface area (Å²) in [7, 11) is 0. The lowest BCUT2D eigenvalue weighted by atomic mass is 9.89. The summed E-state index contributed by atoms with van der Waals surface area (Å²) >= 11 is 0. The summed E-state index contributed by atoms with van der Waals surface area (Å²) in [4.78, 5) is 38.9. The molecule has 0 bridgehead atoms. The maximum atomic E-state index is 13.1. The van der Waals surface area contributed by atoms with E-state index in [4.69, 9.17) is 18.9 Å². The molecule has 3 aromatic carbocycles. The molecule has 2 aliphatic heterocycles. The Bertz CT molecular complexity index is 1620. The van der Waals surface area contributed by atoms with E-state index in [0.717, 1.165) is 52.8 Å². The highest BCUT2D eigenvalue weighted by molar-refractivity contribution is 5.83. The van der Waals surface area contributed by atoms with E-state index < -0.39 is 24.0 Å². The van der Waals surface area contributed by atoms with Gasteiger partial charge in [0.05, 0.1) is 18.8 Å². The van der Waals surface area contributed by atoms with Crippen molar-refractivity contribution in [2.45, 2.75) is 104 Å². The van der Waals surface area contributed by atoms with Crippen LogP contribution in [0.5, 0.6) is 0 Å². The number of ether oxygens (including phenoxy) is 4. The second kappa shape index (κ2) is 16.3. The molecule has 0 aromatic heterocycles. The van der Waals surface area contributed by atoms with Crippen LogP contribution in [0.25, 0.3) is 11.1 Å². The first-order valence-electron chi connectivity index (χ1n) is 17.4. The number of likely N-dealkylation sites (tertiary alicyclic amines) is 1. The number of esters is 2. The fourth-order valence-corrected chi connectivity index (χ4v) is 6.57. The molecule has 0 aliphatic carbocycles. The van der Waals surface area contributed by atoms with Crippen molar-refractivity contribution in [3.05, 3.63) is 95.1 Å². The first-order chi connectivity index (χ1) is 23.8. The van der Waals surface area contributed by atoms with Crippen LogP contribution in [0.15, 0.2) is 72.8 Å². The molecule has 0 radical (unpaired) electrons. The van der Waals surface area contributed by atoms with Crippen LogP contribution in [0.1, 0.15) is 89.0 Å². The van der Waals surface area contributed by atoms with Crippen molar-refractivity contribution in [2.75, 3.05) is 13.1 Å². The van der Waals surface area contributed by atoms with Gasteiger partial charge in [0.1, 0.15) is 11.6 Å². The summed E-state index contributed by atoms with van der Waals surface area (Å²) in [5.74, 6) is -1.08. The van der Waals surface area contributed by atoms with Gasteiger partial charge >= 0.3 is 11.9 Å². The highest BCUT2D eigenvalue weighted by atomic mass is 16.7. The number of hydrogen-bond donors (Lipinski definition) is 2. The van der Waals surface area contributed by atoms with Crippen LogP contribution in [0.3, 0.4) is 0 Å². The molecule has 0 spiro atoms. The first-order valence-corrected chi connectivity index (χ1v) is 17.4. The van der Waals surface area contributed by atoms with Gasteiger partial charge in [-0.05, 0) is 81.0 Å². The lowest BCUT2D eigenvalue weighted by molar-refractivity contribution is -0.276. The van der Waals surface area contributed by atoms with Crippen LogP contribution in [0, 0.1) is 5.92 Å². The van der Waals surface area contributed by atoms with Crippen molar-refractivity contribution in [3.63, 3.8) is 0 Å². The third-order valence-corrected chi connectivity index (χ3v) is 9.20. The molecule has 0 unspecified atom stereocenters. The molecule has 3 aromatic rings. The van der Waals surface area contributed by atoms with Crippen molar-refractivity contribution in [1.29, 1.82) is 0 Å². The number of carbonyl (C=O) groups is 3. The number of aliphatic hydroxyl groups is 1. The van der Waals surface area contributed by atoms with E-state index in [1.165, 1.54) is 6.92 Å². The van der Waals surface area contributed by atoms with Gasteiger partial charge in [-0.3, -0.25) is 19.3 Å². The van der Waals surface area contributed by atoms with Gasteiger partial charge in [-0.2, -0.15) is 0 Å². The van der Waals surface area contributed by atoms with E-state index in [2.05, 4.69) is 17.1 Å². The van der Waals surface area contributed by atoms with Crippen LogP contribution in [0.4, 0.5) is 0 Å². The minimum Gasteiger partial charge on any atom is -0.459 e. The SMILES string of the molecule is CC(=O)O[C@@H](C)C(=O)NCc1cccc(-c2ccc([C@@H]3O[C@H](CN4CCC[C@H]4C(=O)OC(C)(C)C)[C@H](C)[C@H](c4ccc(CO)cc4)O3)cc2)c1. The minimum absolute atomic E-state index is 0.0226. The summed E-state index contributed by atoms with van der Waals surface area (Å²) in [6.07, 6.45) is -0.338. The first kappa shape index (κ1) is 37.2. The smallest absolute Gasteiger partial charge is 0.323 e. The quantitative estimate of drug-likeness (QED) is 0.234. The monoisotopic (exact) mass is 686 g/mol. The Hall–Kier alpha value is -4.09. The maximum Gasteiger partial charge on any atom is 0.323 e. The van der Waals surface area contributed by atoms with Crippen molar-refractivity contribution in [1.82, 2.24) is 10.2 Å². The molecular formula is C40H50N2O8. The van der Waals surface area contributed by atoms with Crippen LogP contribution in [0.2, 0.25) is 0 Å². The molecular weight excluding hydrogens is 636 g/mol. The molecule has 2 N–H and O–H groups in total. The molecule has 2 aliphatic rings. The largest absolute Gasteiger partial charge is 0.459 e. The van der Waals surface area contributed by atoms with Gasteiger partial charge in [0.25, 0.3) is 5.91 Å². The molecule has 2 fully saturated rings. The third-order valence-electron chi connectivity index (χ3n) is 9.20. The second-order valence-corrected chi connectivity index (χ2v) is 14.3. The second-order valence-electron chi connectivity index (χ2n) is 14.3.